The average molecular weight is 460 g/mol. The maximum atomic E-state index is 14.8. The van der Waals surface area contributed by atoms with Crippen molar-refractivity contribution in [1.82, 2.24) is 15.2 Å². The van der Waals surface area contributed by atoms with E-state index in [2.05, 4.69) is 41.0 Å². The van der Waals surface area contributed by atoms with Gasteiger partial charge in [0, 0.05) is 34.6 Å². The van der Waals surface area contributed by atoms with Crippen LogP contribution in [0.25, 0.3) is 0 Å². The second-order valence-electron chi connectivity index (χ2n) is 9.68. The average Bonchev–Trinajstić information content (AvgIpc) is 3.47. The van der Waals surface area contributed by atoms with Crippen molar-refractivity contribution in [3.63, 3.8) is 0 Å². The van der Waals surface area contributed by atoms with Crippen LogP contribution in [0.2, 0.25) is 0 Å². The minimum atomic E-state index is -3.51. The molecule has 1 aromatic carbocycles. The van der Waals surface area contributed by atoms with Crippen molar-refractivity contribution in [2.24, 2.45) is 0 Å². The molecular formula is C22H26FN5O3S. The lowest BCUT2D eigenvalue weighted by Gasteiger charge is -2.13. The number of anilines is 3. The Balaban J connectivity index is 1.28. The Bertz CT molecular complexity index is 1270. The number of rotatable bonds is 4. The molecule has 2 unspecified atom stereocenters. The molecule has 8 nitrogen and oxygen atoms in total. The number of fused-ring (bicyclic) bond motifs is 1. The van der Waals surface area contributed by atoms with Gasteiger partial charge in [0.05, 0.1) is 22.8 Å². The third-order valence-corrected chi connectivity index (χ3v) is 7.42. The van der Waals surface area contributed by atoms with Gasteiger partial charge < -0.3 is 9.73 Å². The Hall–Kier alpha value is -2.88. The van der Waals surface area contributed by atoms with E-state index in [1.165, 1.54) is 6.07 Å². The van der Waals surface area contributed by atoms with E-state index in [1.807, 2.05) is 6.07 Å². The minimum absolute atomic E-state index is 0.0449. The fraction of sp³-hybridized carbons (Fsp3) is 0.455. The van der Waals surface area contributed by atoms with Crippen LogP contribution in [0.1, 0.15) is 74.7 Å². The highest BCUT2D eigenvalue weighted by Gasteiger charge is 2.32. The van der Waals surface area contributed by atoms with Crippen LogP contribution in [0.5, 0.6) is 0 Å². The van der Waals surface area contributed by atoms with E-state index in [-0.39, 0.29) is 39.9 Å². The Morgan fingerprint density at radius 3 is 2.75 bits per heavy atom. The molecule has 5 rings (SSSR count). The van der Waals surface area contributed by atoms with E-state index in [4.69, 9.17) is 9.40 Å². The van der Waals surface area contributed by atoms with E-state index in [9.17, 15) is 12.8 Å². The molecule has 10 heteroatoms. The van der Waals surface area contributed by atoms with E-state index in [1.54, 1.807) is 12.3 Å². The first-order chi connectivity index (χ1) is 15.1. The van der Waals surface area contributed by atoms with Gasteiger partial charge in [-0.15, -0.1) is 0 Å². The lowest BCUT2D eigenvalue weighted by atomic mass is 9.93. The maximum absolute atomic E-state index is 14.8. The number of halogens is 1. The molecule has 1 fully saturated rings. The summed E-state index contributed by atoms with van der Waals surface area (Å²) < 4.78 is 46.4. The molecule has 2 aromatic heterocycles. The summed E-state index contributed by atoms with van der Waals surface area (Å²) in [5.74, 6) is 0.879. The maximum Gasteiger partial charge on any atom is 0.237 e. The minimum Gasteiger partial charge on any atom is -0.448 e. The number of aromatic amines is 1. The number of sulfonamides is 1. The van der Waals surface area contributed by atoms with Crippen LogP contribution in [0.3, 0.4) is 0 Å². The molecule has 0 spiro atoms. The van der Waals surface area contributed by atoms with Gasteiger partial charge in [-0.05, 0) is 31.4 Å². The predicted molar refractivity (Wildman–Crippen MR) is 119 cm³/mol. The highest BCUT2D eigenvalue weighted by Crippen LogP contribution is 2.44. The highest BCUT2D eigenvalue weighted by atomic mass is 32.2. The van der Waals surface area contributed by atoms with Crippen LogP contribution in [0.15, 0.2) is 28.9 Å². The fourth-order valence-corrected chi connectivity index (χ4v) is 5.66. The summed E-state index contributed by atoms with van der Waals surface area (Å²) in [5, 5.41) is 10.3. The molecule has 3 aromatic rings. The number of nitrogens with one attached hydrogen (secondary N) is 3. The van der Waals surface area contributed by atoms with Gasteiger partial charge in [-0.2, -0.15) is 5.10 Å². The summed E-state index contributed by atoms with van der Waals surface area (Å²) in [6.45, 7) is 6.35. The molecule has 2 aliphatic rings. The number of oxazole rings is 1. The van der Waals surface area contributed by atoms with Crippen LogP contribution in [0, 0.1) is 5.82 Å². The zero-order valence-corrected chi connectivity index (χ0v) is 19.0. The van der Waals surface area contributed by atoms with Gasteiger partial charge in [-0.3, -0.25) is 9.82 Å². The first-order valence-electron chi connectivity index (χ1n) is 10.7. The van der Waals surface area contributed by atoms with Crippen LogP contribution < -0.4 is 10.0 Å². The van der Waals surface area contributed by atoms with Gasteiger partial charge >= 0.3 is 0 Å². The van der Waals surface area contributed by atoms with Crippen molar-refractivity contribution in [3.8, 4) is 0 Å². The fourth-order valence-electron chi connectivity index (χ4n) is 4.40. The summed E-state index contributed by atoms with van der Waals surface area (Å²) in [6, 6.07) is 4.95. The standard InChI is InChI=1S/C22H26FN5O3S/c1-22(2,3)18-10-31-21(25-18)13-5-4-12(8-13)17-9-19(27-26-17)24-16-7-6-15-14(20(16)23)11-32(29,30)28-15/h6-7,9-10,12-13,28H,4-5,8,11H2,1-3H3,(H2,24,26,27). The normalized spacial score (nSPS) is 22.0. The summed E-state index contributed by atoms with van der Waals surface area (Å²) in [7, 11) is -3.51. The molecule has 0 radical (unpaired) electrons. The molecule has 1 aliphatic carbocycles. The molecule has 0 saturated heterocycles. The molecular weight excluding hydrogens is 433 g/mol. The van der Waals surface area contributed by atoms with Crippen molar-refractivity contribution in [2.75, 3.05) is 10.0 Å². The van der Waals surface area contributed by atoms with E-state index in [0.717, 1.165) is 36.5 Å². The number of nitrogens with zero attached hydrogens (tertiary/aromatic N) is 2. The Kier molecular flexibility index (Phi) is 4.81. The lowest BCUT2D eigenvalue weighted by Crippen LogP contribution is -2.11. The molecule has 0 bridgehead atoms. The van der Waals surface area contributed by atoms with Crippen LogP contribution in [0.4, 0.5) is 21.6 Å². The molecule has 3 heterocycles. The van der Waals surface area contributed by atoms with Crippen LogP contribution in [-0.2, 0) is 21.2 Å². The van der Waals surface area contributed by atoms with Crippen LogP contribution in [-0.4, -0.2) is 23.6 Å². The molecule has 170 valence electrons. The number of hydrogen-bond donors (Lipinski definition) is 3. The first-order valence-corrected chi connectivity index (χ1v) is 12.3. The van der Waals surface area contributed by atoms with Gasteiger partial charge in [0.1, 0.15) is 6.26 Å². The third kappa shape index (κ3) is 3.87. The molecule has 2 atom stereocenters. The predicted octanol–water partition coefficient (Wildman–Crippen LogP) is 4.88. The SMILES string of the molecule is CC(C)(C)c1coc(C2CCC(c3cc(Nc4ccc5c(c4F)CS(=O)(=O)N5)n[nH]3)C2)n1. The third-order valence-electron chi connectivity index (χ3n) is 6.22. The summed E-state index contributed by atoms with van der Waals surface area (Å²) in [5.41, 5.74) is 2.52. The van der Waals surface area contributed by atoms with Crippen molar-refractivity contribution < 1.29 is 17.2 Å². The van der Waals surface area contributed by atoms with Crippen LogP contribution >= 0.6 is 0 Å². The number of aromatic nitrogens is 3. The summed E-state index contributed by atoms with van der Waals surface area (Å²) >= 11 is 0. The molecule has 1 aliphatic heterocycles. The zero-order chi connectivity index (χ0) is 22.7. The summed E-state index contributed by atoms with van der Waals surface area (Å²) in [6.07, 6.45) is 4.63. The van der Waals surface area contributed by atoms with E-state index >= 15 is 0 Å². The second-order valence-corrected chi connectivity index (χ2v) is 11.4. The quantitative estimate of drug-likeness (QED) is 0.512. The van der Waals surface area contributed by atoms with E-state index in [0.29, 0.717) is 5.82 Å². The lowest BCUT2D eigenvalue weighted by molar-refractivity contribution is 0.445. The largest absolute Gasteiger partial charge is 0.448 e. The van der Waals surface area contributed by atoms with Gasteiger partial charge in [0.15, 0.2) is 17.5 Å². The Labute approximate surface area is 186 Å². The Morgan fingerprint density at radius 1 is 1.22 bits per heavy atom. The van der Waals surface area contributed by atoms with Gasteiger partial charge in [-0.1, -0.05) is 20.8 Å². The first kappa shape index (κ1) is 21.0. The highest BCUT2D eigenvalue weighted by molar-refractivity contribution is 7.92. The van der Waals surface area contributed by atoms with Crippen molar-refractivity contribution in [3.05, 3.63) is 53.1 Å². The topological polar surface area (TPSA) is 113 Å². The number of hydrogen-bond acceptors (Lipinski definition) is 6. The molecule has 32 heavy (non-hydrogen) atoms. The van der Waals surface area contributed by atoms with Gasteiger partial charge in [0.2, 0.25) is 10.0 Å². The Morgan fingerprint density at radius 2 is 2.00 bits per heavy atom. The smallest absolute Gasteiger partial charge is 0.237 e. The second kappa shape index (κ2) is 7.33. The van der Waals surface area contributed by atoms with Crippen molar-refractivity contribution in [2.45, 2.75) is 63.0 Å². The molecule has 1 saturated carbocycles. The van der Waals surface area contributed by atoms with Crippen molar-refractivity contribution in [1.29, 1.82) is 0 Å². The number of benzene rings is 1. The van der Waals surface area contributed by atoms with Crippen molar-refractivity contribution >= 4 is 27.2 Å². The van der Waals surface area contributed by atoms with E-state index < -0.39 is 15.8 Å². The summed E-state index contributed by atoms with van der Waals surface area (Å²) in [4.78, 5) is 4.71. The molecule has 3 N–H and O–H groups in total. The monoisotopic (exact) mass is 459 g/mol. The van der Waals surface area contributed by atoms with Gasteiger partial charge in [-0.25, -0.2) is 17.8 Å². The van der Waals surface area contributed by atoms with Gasteiger partial charge in [0.25, 0.3) is 0 Å². The zero-order valence-electron chi connectivity index (χ0n) is 18.2. The number of H-pyrrole nitrogens is 1. The molecule has 0 amide bonds.